The van der Waals surface area contributed by atoms with Crippen molar-refractivity contribution in [3.63, 3.8) is 0 Å². The molecule has 2 fully saturated rings. The van der Waals surface area contributed by atoms with Crippen LogP contribution in [-0.4, -0.2) is 36.1 Å². The zero-order chi connectivity index (χ0) is 15.9. The number of halogens is 2. The third-order valence-corrected chi connectivity index (χ3v) is 5.05. The summed E-state index contributed by atoms with van der Waals surface area (Å²) in [7, 11) is 0. The standard InChI is InChI=1S/C18H28N4O.2ClH/c23-18(16-13-14-7-1-2-8-15(14)22-16)21-12-6-5-11-20-17-9-3-4-10-19-17;;/h3-4,9-10,14-16,22H,1-2,5-8,11-13H2,(H,19,20)(H,21,23);2*1H. The average molecular weight is 389 g/mol. The number of carbonyl (C=O) groups excluding carboxylic acids is 1. The molecule has 0 aromatic carbocycles. The Bertz CT molecular complexity index is 489. The molecule has 2 aliphatic rings. The second-order valence-electron chi connectivity index (χ2n) is 6.75. The van der Waals surface area contributed by atoms with Crippen LogP contribution in [0.3, 0.4) is 0 Å². The fourth-order valence-corrected chi connectivity index (χ4v) is 3.79. The maximum Gasteiger partial charge on any atom is 0.237 e. The minimum Gasteiger partial charge on any atom is -0.370 e. The van der Waals surface area contributed by atoms with Gasteiger partial charge in [-0.15, -0.1) is 24.8 Å². The molecule has 0 bridgehead atoms. The first-order valence-electron chi connectivity index (χ1n) is 9.01. The number of unbranched alkanes of at least 4 members (excludes halogenated alkanes) is 1. The fourth-order valence-electron chi connectivity index (χ4n) is 3.79. The van der Waals surface area contributed by atoms with Crippen LogP contribution in [0.4, 0.5) is 5.82 Å². The van der Waals surface area contributed by atoms with Gasteiger partial charge in [-0.2, -0.15) is 0 Å². The number of carbonyl (C=O) groups is 1. The first kappa shape index (κ1) is 22.0. The van der Waals surface area contributed by atoms with Crippen molar-refractivity contribution in [1.82, 2.24) is 15.6 Å². The van der Waals surface area contributed by atoms with Gasteiger partial charge in [-0.05, 0) is 50.2 Å². The van der Waals surface area contributed by atoms with Crippen LogP contribution in [0.15, 0.2) is 24.4 Å². The van der Waals surface area contributed by atoms with Crippen LogP contribution < -0.4 is 16.0 Å². The molecule has 1 aliphatic carbocycles. The Morgan fingerprint density at radius 3 is 2.72 bits per heavy atom. The predicted octanol–water partition coefficient (Wildman–Crippen LogP) is 3.15. The van der Waals surface area contributed by atoms with E-state index in [-0.39, 0.29) is 36.8 Å². The lowest BCUT2D eigenvalue weighted by atomic mass is 9.85. The Hall–Kier alpha value is -1.04. The maximum atomic E-state index is 12.2. The summed E-state index contributed by atoms with van der Waals surface area (Å²) in [6.07, 6.45) is 10.0. The molecule has 1 aromatic rings. The molecule has 0 spiro atoms. The fraction of sp³-hybridized carbons (Fsp3) is 0.667. The summed E-state index contributed by atoms with van der Waals surface area (Å²) in [6, 6.07) is 6.47. The van der Waals surface area contributed by atoms with Gasteiger partial charge < -0.3 is 16.0 Å². The lowest BCUT2D eigenvalue weighted by Crippen LogP contribution is -2.43. The molecule has 1 aliphatic heterocycles. The van der Waals surface area contributed by atoms with E-state index < -0.39 is 0 Å². The van der Waals surface area contributed by atoms with Gasteiger partial charge >= 0.3 is 0 Å². The lowest BCUT2D eigenvalue weighted by Gasteiger charge is -2.24. The molecule has 1 amide bonds. The largest absolute Gasteiger partial charge is 0.370 e. The van der Waals surface area contributed by atoms with Gasteiger partial charge in [0.2, 0.25) is 5.91 Å². The smallest absolute Gasteiger partial charge is 0.237 e. The van der Waals surface area contributed by atoms with E-state index in [9.17, 15) is 4.79 Å². The molecular weight excluding hydrogens is 359 g/mol. The van der Waals surface area contributed by atoms with E-state index in [4.69, 9.17) is 0 Å². The molecule has 2 heterocycles. The highest BCUT2D eigenvalue weighted by Crippen LogP contribution is 2.33. The first-order valence-corrected chi connectivity index (χ1v) is 9.01. The number of nitrogens with zero attached hydrogens (tertiary/aromatic N) is 1. The number of pyridine rings is 1. The third kappa shape index (κ3) is 6.65. The van der Waals surface area contributed by atoms with Crippen molar-refractivity contribution in [3.05, 3.63) is 24.4 Å². The molecule has 1 saturated heterocycles. The van der Waals surface area contributed by atoms with Gasteiger partial charge in [0.15, 0.2) is 0 Å². The van der Waals surface area contributed by atoms with Gasteiger partial charge in [0, 0.05) is 25.3 Å². The molecule has 7 heteroatoms. The van der Waals surface area contributed by atoms with Crippen molar-refractivity contribution in [1.29, 1.82) is 0 Å². The average Bonchev–Trinajstić information content (AvgIpc) is 3.03. The van der Waals surface area contributed by atoms with E-state index in [1.807, 2.05) is 18.2 Å². The minimum atomic E-state index is 0. The van der Waals surface area contributed by atoms with Gasteiger partial charge in [-0.1, -0.05) is 18.9 Å². The normalized spacial score (nSPS) is 24.4. The van der Waals surface area contributed by atoms with Crippen LogP contribution in [0.2, 0.25) is 0 Å². The van der Waals surface area contributed by atoms with Crippen molar-refractivity contribution in [2.75, 3.05) is 18.4 Å². The maximum absolute atomic E-state index is 12.2. The molecule has 3 atom stereocenters. The topological polar surface area (TPSA) is 66.0 Å². The monoisotopic (exact) mass is 388 g/mol. The van der Waals surface area contributed by atoms with E-state index in [1.54, 1.807) is 6.20 Å². The summed E-state index contributed by atoms with van der Waals surface area (Å²) in [5.74, 6) is 1.83. The predicted molar refractivity (Wildman–Crippen MR) is 107 cm³/mol. The lowest BCUT2D eigenvalue weighted by molar-refractivity contribution is -0.122. The number of hydrogen-bond acceptors (Lipinski definition) is 4. The molecule has 5 nitrogen and oxygen atoms in total. The quantitative estimate of drug-likeness (QED) is 0.627. The van der Waals surface area contributed by atoms with Crippen molar-refractivity contribution in [2.24, 2.45) is 5.92 Å². The van der Waals surface area contributed by atoms with E-state index in [1.165, 1.54) is 25.7 Å². The van der Waals surface area contributed by atoms with Gasteiger partial charge in [0.1, 0.15) is 5.82 Å². The van der Waals surface area contributed by atoms with Gasteiger partial charge in [0.25, 0.3) is 0 Å². The van der Waals surface area contributed by atoms with Crippen molar-refractivity contribution < 1.29 is 4.79 Å². The Balaban J connectivity index is 0.00000156. The summed E-state index contributed by atoms with van der Waals surface area (Å²) in [4.78, 5) is 16.5. The van der Waals surface area contributed by atoms with Crippen molar-refractivity contribution in [2.45, 2.75) is 57.0 Å². The second kappa shape index (κ2) is 11.6. The van der Waals surface area contributed by atoms with Crippen LogP contribution >= 0.6 is 24.8 Å². The van der Waals surface area contributed by atoms with Crippen molar-refractivity contribution >= 4 is 36.5 Å². The van der Waals surface area contributed by atoms with Gasteiger partial charge in [-0.3, -0.25) is 4.79 Å². The van der Waals surface area contributed by atoms with Crippen molar-refractivity contribution in [3.8, 4) is 0 Å². The van der Waals surface area contributed by atoms with Crippen LogP contribution in [0, 0.1) is 5.92 Å². The molecular formula is C18H30Cl2N4O. The van der Waals surface area contributed by atoms with Crippen LogP contribution in [0.1, 0.15) is 44.9 Å². The van der Waals surface area contributed by atoms with Crippen LogP contribution in [-0.2, 0) is 4.79 Å². The zero-order valence-corrected chi connectivity index (χ0v) is 16.2. The summed E-state index contributed by atoms with van der Waals surface area (Å²) < 4.78 is 0. The molecule has 1 saturated carbocycles. The SMILES string of the molecule is Cl.Cl.O=C(NCCCCNc1ccccn1)C1CC2CCCCC2N1. The summed E-state index contributed by atoms with van der Waals surface area (Å²) >= 11 is 0. The van der Waals surface area contributed by atoms with E-state index in [0.29, 0.717) is 6.04 Å². The highest BCUT2D eigenvalue weighted by Gasteiger charge is 2.37. The molecule has 142 valence electrons. The Labute approximate surface area is 163 Å². The van der Waals surface area contributed by atoms with Gasteiger partial charge in [0.05, 0.1) is 6.04 Å². The van der Waals surface area contributed by atoms with Gasteiger partial charge in [-0.25, -0.2) is 4.98 Å². The third-order valence-electron chi connectivity index (χ3n) is 5.05. The molecule has 0 radical (unpaired) electrons. The van der Waals surface area contributed by atoms with E-state index >= 15 is 0 Å². The summed E-state index contributed by atoms with van der Waals surface area (Å²) in [5.41, 5.74) is 0. The van der Waals surface area contributed by atoms with Crippen LogP contribution in [0.25, 0.3) is 0 Å². The minimum absolute atomic E-state index is 0. The molecule has 3 rings (SSSR count). The Kier molecular flexibility index (Phi) is 10.2. The molecule has 25 heavy (non-hydrogen) atoms. The van der Waals surface area contributed by atoms with E-state index in [2.05, 4.69) is 20.9 Å². The molecule has 3 N–H and O–H groups in total. The number of fused-ring (bicyclic) bond motifs is 1. The molecule has 3 unspecified atom stereocenters. The Morgan fingerprint density at radius 1 is 1.16 bits per heavy atom. The zero-order valence-electron chi connectivity index (χ0n) is 14.6. The van der Waals surface area contributed by atoms with E-state index in [0.717, 1.165) is 44.1 Å². The first-order chi connectivity index (χ1) is 11.3. The summed E-state index contributed by atoms with van der Waals surface area (Å²) in [5, 5.41) is 9.91. The number of anilines is 1. The second-order valence-corrected chi connectivity index (χ2v) is 6.75. The number of hydrogen-bond donors (Lipinski definition) is 3. The highest BCUT2D eigenvalue weighted by atomic mass is 35.5. The number of rotatable bonds is 7. The summed E-state index contributed by atoms with van der Waals surface area (Å²) in [6.45, 7) is 1.65. The number of aromatic nitrogens is 1. The highest BCUT2D eigenvalue weighted by molar-refractivity contribution is 5.85. The van der Waals surface area contributed by atoms with Crippen LogP contribution in [0.5, 0.6) is 0 Å². The Morgan fingerprint density at radius 2 is 1.96 bits per heavy atom. The molecule has 1 aromatic heterocycles. The number of amides is 1. The number of nitrogens with one attached hydrogen (secondary N) is 3.